The molecule has 2 N–H and O–H groups in total. The van der Waals surface area contributed by atoms with Crippen molar-refractivity contribution in [1.82, 2.24) is 0 Å². The van der Waals surface area contributed by atoms with Crippen molar-refractivity contribution in [3.63, 3.8) is 0 Å². The minimum absolute atomic E-state index is 0.200. The zero-order valence-electron chi connectivity index (χ0n) is 10.5. The van der Waals surface area contributed by atoms with Crippen molar-refractivity contribution >= 4 is 5.69 Å². The standard InChI is InChI=1S/C14H21FN2/c1-2-17(10-11-4-3-5-11)14-7-6-13(15)8-12(14)9-16/h6-8,11H,2-5,9-10,16H2,1H3. The molecule has 1 fully saturated rings. The van der Waals surface area contributed by atoms with Crippen molar-refractivity contribution in [1.29, 1.82) is 0 Å². The Bertz CT molecular complexity index is 374. The van der Waals surface area contributed by atoms with Crippen LogP contribution >= 0.6 is 0 Å². The highest BCUT2D eigenvalue weighted by atomic mass is 19.1. The van der Waals surface area contributed by atoms with Crippen LogP contribution in [0.1, 0.15) is 31.7 Å². The molecule has 1 aromatic carbocycles. The van der Waals surface area contributed by atoms with Gasteiger partial charge in [-0.2, -0.15) is 0 Å². The van der Waals surface area contributed by atoms with Gasteiger partial charge in [-0.05, 0) is 49.4 Å². The smallest absolute Gasteiger partial charge is 0.123 e. The van der Waals surface area contributed by atoms with Gasteiger partial charge in [-0.25, -0.2) is 4.39 Å². The number of hydrogen-bond donors (Lipinski definition) is 1. The predicted molar refractivity (Wildman–Crippen MR) is 69.5 cm³/mol. The molecule has 1 aromatic rings. The van der Waals surface area contributed by atoms with Crippen LogP contribution in [0.5, 0.6) is 0 Å². The molecule has 3 heteroatoms. The van der Waals surface area contributed by atoms with Crippen LogP contribution in [0, 0.1) is 11.7 Å². The molecule has 0 atom stereocenters. The second-order valence-electron chi connectivity index (χ2n) is 4.81. The van der Waals surface area contributed by atoms with E-state index in [9.17, 15) is 4.39 Å². The van der Waals surface area contributed by atoms with Crippen molar-refractivity contribution < 1.29 is 4.39 Å². The van der Waals surface area contributed by atoms with Gasteiger partial charge in [0.2, 0.25) is 0 Å². The molecule has 0 heterocycles. The number of nitrogens with two attached hydrogens (primary N) is 1. The van der Waals surface area contributed by atoms with Gasteiger partial charge in [0, 0.05) is 25.3 Å². The molecule has 17 heavy (non-hydrogen) atoms. The Kier molecular flexibility index (Phi) is 4.00. The molecule has 1 saturated carbocycles. The van der Waals surface area contributed by atoms with Crippen LogP contribution in [0.25, 0.3) is 0 Å². The summed E-state index contributed by atoms with van der Waals surface area (Å²) in [6.45, 7) is 4.57. The summed E-state index contributed by atoms with van der Waals surface area (Å²) in [6.07, 6.45) is 4.01. The average Bonchev–Trinajstić information content (AvgIpc) is 2.29. The van der Waals surface area contributed by atoms with E-state index in [1.807, 2.05) is 6.07 Å². The molecule has 1 aliphatic rings. The van der Waals surface area contributed by atoms with E-state index < -0.39 is 0 Å². The SMILES string of the molecule is CCN(CC1CCC1)c1ccc(F)cc1CN. The minimum atomic E-state index is -0.200. The van der Waals surface area contributed by atoms with Gasteiger partial charge in [0.1, 0.15) is 5.82 Å². The number of nitrogens with zero attached hydrogens (tertiary/aromatic N) is 1. The molecule has 0 aliphatic heterocycles. The molecular formula is C14H21FN2. The average molecular weight is 236 g/mol. The number of halogens is 1. The van der Waals surface area contributed by atoms with E-state index in [2.05, 4.69) is 11.8 Å². The van der Waals surface area contributed by atoms with Crippen molar-refractivity contribution in [2.24, 2.45) is 11.7 Å². The summed E-state index contributed by atoms with van der Waals surface area (Å²) in [7, 11) is 0. The fourth-order valence-corrected chi connectivity index (χ4v) is 2.41. The van der Waals surface area contributed by atoms with E-state index in [1.165, 1.54) is 25.3 Å². The monoisotopic (exact) mass is 236 g/mol. The molecule has 1 aliphatic carbocycles. The van der Waals surface area contributed by atoms with E-state index in [0.717, 1.165) is 30.3 Å². The maximum atomic E-state index is 13.2. The fraction of sp³-hybridized carbons (Fsp3) is 0.571. The van der Waals surface area contributed by atoms with E-state index in [1.54, 1.807) is 6.07 Å². The molecule has 0 spiro atoms. The molecule has 0 amide bonds. The van der Waals surface area contributed by atoms with Crippen LogP contribution < -0.4 is 10.6 Å². The Labute approximate surface area is 103 Å². The third-order valence-electron chi connectivity index (χ3n) is 3.69. The van der Waals surface area contributed by atoms with Crippen LogP contribution in [0.2, 0.25) is 0 Å². The lowest BCUT2D eigenvalue weighted by Crippen LogP contribution is -2.33. The number of hydrogen-bond acceptors (Lipinski definition) is 2. The van der Waals surface area contributed by atoms with E-state index in [0.29, 0.717) is 6.54 Å². The molecular weight excluding hydrogens is 215 g/mol. The van der Waals surface area contributed by atoms with Gasteiger partial charge in [0.25, 0.3) is 0 Å². The van der Waals surface area contributed by atoms with Gasteiger partial charge in [-0.1, -0.05) is 6.42 Å². The largest absolute Gasteiger partial charge is 0.371 e. The topological polar surface area (TPSA) is 29.3 Å². The summed E-state index contributed by atoms with van der Waals surface area (Å²) in [6, 6.07) is 4.94. The van der Waals surface area contributed by atoms with Crippen molar-refractivity contribution in [2.75, 3.05) is 18.0 Å². The zero-order valence-corrected chi connectivity index (χ0v) is 10.5. The lowest BCUT2D eigenvalue weighted by molar-refractivity contribution is 0.318. The molecule has 0 radical (unpaired) electrons. The van der Waals surface area contributed by atoms with Crippen LogP contribution in [0.3, 0.4) is 0 Å². The first-order valence-corrected chi connectivity index (χ1v) is 6.48. The molecule has 94 valence electrons. The zero-order chi connectivity index (χ0) is 12.3. The first-order valence-electron chi connectivity index (χ1n) is 6.48. The molecule has 0 aromatic heterocycles. The van der Waals surface area contributed by atoms with Gasteiger partial charge >= 0.3 is 0 Å². The number of rotatable bonds is 5. The third kappa shape index (κ3) is 2.78. The second-order valence-corrected chi connectivity index (χ2v) is 4.81. The number of benzene rings is 1. The molecule has 0 bridgehead atoms. The first kappa shape index (κ1) is 12.4. The summed E-state index contributed by atoms with van der Waals surface area (Å²) < 4.78 is 13.2. The highest BCUT2D eigenvalue weighted by molar-refractivity contribution is 5.53. The van der Waals surface area contributed by atoms with E-state index >= 15 is 0 Å². The maximum absolute atomic E-state index is 13.2. The minimum Gasteiger partial charge on any atom is -0.371 e. The van der Waals surface area contributed by atoms with Gasteiger partial charge in [0.05, 0.1) is 0 Å². The highest BCUT2D eigenvalue weighted by Crippen LogP contribution is 2.30. The summed E-state index contributed by atoms with van der Waals surface area (Å²) in [5.74, 6) is 0.611. The van der Waals surface area contributed by atoms with Crippen LogP contribution in [0.4, 0.5) is 10.1 Å². The van der Waals surface area contributed by atoms with E-state index in [4.69, 9.17) is 5.73 Å². The normalized spacial score (nSPS) is 15.7. The second kappa shape index (κ2) is 5.50. The van der Waals surface area contributed by atoms with Crippen LogP contribution in [-0.4, -0.2) is 13.1 Å². The summed E-state index contributed by atoms with van der Waals surface area (Å²) >= 11 is 0. The fourth-order valence-electron chi connectivity index (χ4n) is 2.41. The Morgan fingerprint density at radius 1 is 1.41 bits per heavy atom. The Hall–Kier alpha value is -1.09. The van der Waals surface area contributed by atoms with Crippen LogP contribution in [0.15, 0.2) is 18.2 Å². The predicted octanol–water partition coefficient (Wildman–Crippen LogP) is 2.91. The summed E-state index contributed by atoms with van der Waals surface area (Å²) in [5.41, 5.74) is 7.70. The van der Waals surface area contributed by atoms with Crippen molar-refractivity contribution in [3.05, 3.63) is 29.6 Å². The Morgan fingerprint density at radius 2 is 2.18 bits per heavy atom. The lowest BCUT2D eigenvalue weighted by atomic mass is 9.85. The quantitative estimate of drug-likeness (QED) is 0.851. The Balaban J connectivity index is 2.16. The van der Waals surface area contributed by atoms with Gasteiger partial charge in [-0.15, -0.1) is 0 Å². The maximum Gasteiger partial charge on any atom is 0.123 e. The van der Waals surface area contributed by atoms with Gasteiger partial charge in [-0.3, -0.25) is 0 Å². The van der Waals surface area contributed by atoms with Gasteiger partial charge in [0.15, 0.2) is 0 Å². The summed E-state index contributed by atoms with van der Waals surface area (Å²) in [5, 5.41) is 0. The molecule has 2 nitrogen and oxygen atoms in total. The summed E-state index contributed by atoms with van der Waals surface area (Å²) in [4.78, 5) is 2.32. The lowest BCUT2D eigenvalue weighted by Gasteiger charge is -2.34. The van der Waals surface area contributed by atoms with E-state index in [-0.39, 0.29) is 5.82 Å². The Morgan fingerprint density at radius 3 is 2.71 bits per heavy atom. The van der Waals surface area contributed by atoms with Crippen molar-refractivity contribution in [2.45, 2.75) is 32.7 Å². The van der Waals surface area contributed by atoms with Crippen molar-refractivity contribution in [3.8, 4) is 0 Å². The molecule has 2 rings (SSSR count). The molecule has 0 saturated heterocycles. The third-order valence-corrected chi connectivity index (χ3v) is 3.69. The highest BCUT2D eigenvalue weighted by Gasteiger charge is 2.21. The first-order chi connectivity index (χ1) is 8.24. The van der Waals surface area contributed by atoms with Gasteiger partial charge < -0.3 is 10.6 Å². The van der Waals surface area contributed by atoms with Crippen LogP contribution in [-0.2, 0) is 6.54 Å². The molecule has 0 unspecified atom stereocenters. The number of anilines is 1.